The van der Waals surface area contributed by atoms with E-state index in [4.69, 9.17) is 4.74 Å². The van der Waals surface area contributed by atoms with Crippen LogP contribution >= 0.6 is 0 Å². The first-order valence-corrected chi connectivity index (χ1v) is 2.73. The minimum Gasteiger partial charge on any atom is -0.376 e. The van der Waals surface area contributed by atoms with E-state index in [-0.39, 0.29) is 6.61 Å². The van der Waals surface area contributed by atoms with E-state index in [1.807, 2.05) is 0 Å². The number of hydrogen-bond acceptors (Lipinski definition) is 2. The molecular formula is C5H10FNO. The van der Waals surface area contributed by atoms with E-state index >= 15 is 0 Å². The average Bonchev–Trinajstić information content (AvgIpc) is 1.77. The monoisotopic (exact) mass is 119 g/mol. The summed E-state index contributed by atoms with van der Waals surface area (Å²) in [4.78, 5) is 1.64. The number of nitrogens with zero attached hydrogens (tertiary/aromatic N) is 1. The van der Waals surface area contributed by atoms with Crippen molar-refractivity contribution < 1.29 is 9.13 Å². The van der Waals surface area contributed by atoms with Crippen LogP contribution in [0.25, 0.3) is 0 Å². The Morgan fingerprint density at radius 2 is 2.50 bits per heavy atom. The lowest BCUT2D eigenvalue weighted by molar-refractivity contribution is -0.0498. The fraction of sp³-hybridized carbons (Fsp3) is 1.00. The highest BCUT2D eigenvalue weighted by Gasteiger charge is 2.16. The molecule has 3 heteroatoms. The van der Waals surface area contributed by atoms with Crippen molar-refractivity contribution in [2.75, 3.05) is 26.8 Å². The molecule has 0 bridgehead atoms. The van der Waals surface area contributed by atoms with E-state index in [9.17, 15) is 4.39 Å². The second-order valence-electron chi connectivity index (χ2n) is 1.99. The van der Waals surface area contributed by atoms with Crippen LogP contribution in [0.4, 0.5) is 4.39 Å². The molecule has 1 fully saturated rings. The first-order valence-electron chi connectivity index (χ1n) is 2.73. The Balaban J connectivity index is 2.28. The Labute approximate surface area is 48.2 Å². The van der Waals surface area contributed by atoms with Gasteiger partial charge < -0.3 is 4.74 Å². The number of rotatable bonds is 0. The van der Waals surface area contributed by atoms with Crippen molar-refractivity contribution in [1.29, 1.82) is 0 Å². The zero-order chi connectivity index (χ0) is 5.98. The molecule has 48 valence electrons. The van der Waals surface area contributed by atoms with Crippen molar-refractivity contribution >= 4 is 0 Å². The van der Waals surface area contributed by atoms with Gasteiger partial charge in [-0.3, -0.25) is 4.90 Å². The van der Waals surface area contributed by atoms with Crippen LogP contribution in [0.2, 0.25) is 0 Å². The van der Waals surface area contributed by atoms with Crippen LogP contribution < -0.4 is 0 Å². The zero-order valence-corrected chi connectivity index (χ0v) is 4.93. The smallest absolute Gasteiger partial charge is 0.177 e. The van der Waals surface area contributed by atoms with E-state index in [0.29, 0.717) is 13.2 Å². The highest BCUT2D eigenvalue weighted by atomic mass is 19.1. The highest BCUT2D eigenvalue weighted by Crippen LogP contribution is 2.03. The van der Waals surface area contributed by atoms with Gasteiger partial charge in [-0.05, 0) is 7.05 Å². The summed E-state index contributed by atoms with van der Waals surface area (Å²) in [5.41, 5.74) is 0. The number of halogens is 1. The second kappa shape index (κ2) is 2.42. The van der Waals surface area contributed by atoms with Crippen LogP contribution in [0.3, 0.4) is 0 Å². The van der Waals surface area contributed by atoms with Gasteiger partial charge in [0.2, 0.25) is 0 Å². The van der Waals surface area contributed by atoms with Crippen LogP contribution in [-0.4, -0.2) is 38.0 Å². The molecule has 2 nitrogen and oxygen atoms in total. The molecule has 0 spiro atoms. The minimum absolute atomic E-state index is 0.233. The summed E-state index contributed by atoms with van der Waals surface area (Å²) in [6.45, 7) is 1.61. The summed E-state index contributed by atoms with van der Waals surface area (Å²) in [5, 5.41) is 0. The summed E-state index contributed by atoms with van der Waals surface area (Å²) < 4.78 is 17.2. The zero-order valence-electron chi connectivity index (χ0n) is 4.93. The number of alkyl halides is 1. The molecule has 1 heterocycles. The second-order valence-corrected chi connectivity index (χ2v) is 1.99. The van der Waals surface area contributed by atoms with E-state index in [1.54, 1.807) is 11.9 Å². The molecule has 0 saturated carbocycles. The average molecular weight is 119 g/mol. The quantitative estimate of drug-likeness (QED) is 0.424. The summed E-state index contributed by atoms with van der Waals surface area (Å²) in [5.74, 6) is 0. The number of hydrogen-bond donors (Lipinski definition) is 0. The molecule has 1 atom stereocenters. The predicted molar refractivity (Wildman–Crippen MR) is 28.3 cm³/mol. The lowest BCUT2D eigenvalue weighted by Gasteiger charge is -2.25. The SMILES string of the molecule is CN1CCOCC1F. The maximum Gasteiger partial charge on any atom is 0.177 e. The van der Waals surface area contributed by atoms with Crippen LogP contribution in [-0.2, 0) is 4.74 Å². The van der Waals surface area contributed by atoms with E-state index < -0.39 is 6.30 Å². The molecule has 1 unspecified atom stereocenters. The first-order chi connectivity index (χ1) is 3.80. The Bertz CT molecular complexity index is 68.8. The molecule has 0 N–H and O–H groups in total. The Hall–Kier alpha value is -0.150. The molecule has 1 rings (SSSR count). The van der Waals surface area contributed by atoms with Gasteiger partial charge in [0.15, 0.2) is 6.30 Å². The van der Waals surface area contributed by atoms with Crippen molar-refractivity contribution in [2.45, 2.75) is 6.30 Å². The lowest BCUT2D eigenvalue weighted by Crippen LogP contribution is -2.39. The fourth-order valence-corrected chi connectivity index (χ4v) is 0.656. The van der Waals surface area contributed by atoms with Gasteiger partial charge in [-0.1, -0.05) is 0 Å². The molecule has 0 radical (unpaired) electrons. The summed E-state index contributed by atoms with van der Waals surface area (Å²) in [6.07, 6.45) is -0.885. The van der Waals surface area contributed by atoms with E-state index in [1.165, 1.54) is 0 Å². The van der Waals surface area contributed by atoms with Crippen molar-refractivity contribution in [3.05, 3.63) is 0 Å². The van der Waals surface area contributed by atoms with E-state index in [2.05, 4.69) is 0 Å². The Morgan fingerprint density at radius 1 is 1.75 bits per heavy atom. The first kappa shape index (κ1) is 5.98. The van der Waals surface area contributed by atoms with Gasteiger partial charge in [-0.15, -0.1) is 0 Å². The van der Waals surface area contributed by atoms with Crippen molar-refractivity contribution in [2.24, 2.45) is 0 Å². The van der Waals surface area contributed by atoms with Gasteiger partial charge in [-0.2, -0.15) is 0 Å². The van der Waals surface area contributed by atoms with Gasteiger partial charge >= 0.3 is 0 Å². The maximum atomic E-state index is 12.4. The number of likely N-dealkylation sites (N-methyl/N-ethyl adjacent to an activating group) is 1. The topological polar surface area (TPSA) is 12.5 Å². The molecule has 0 amide bonds. The fourth-order valence-electron chi connectivity index (χ4n) is 0.656. The molecule has 0 aliphatic carbocycles. The Kier molecular flexibility index (Phi) is 1.81. The van der Waals surface area contributed by atoms with Crippen LogP contribution in [0, 0.1) is 0 Å². The van der Waals surface area contributed by atoms with Crippen molar-refractivity contribution in [3.8, 4) is 0 Å². The van der Waals surface area contributed by atoms with Crippen LogP contribution in [0.15, 0.2) is 0 Å². The lowest BCUT2D eigenvalue weighted by atomic mass is 10.4. The molecule has 0 aromatic rings. The number of morpholine rings is 1. The normalized spacial score (nSPS) is 33.0. The maximum absolute atomic E-state index is 12.4. The van der Waals surface area contributed by atoms with Gasteiger partial charge in [0, 0.05) is 6.54 Å². The van der Waals surface area contributed by atoms with E-state index in [0.717, 1.165) is 0 Å². The summed E-state index contributed by atoms with van der Waals surface area (Å²) in [7, 11) is 1.76. The largest absolute Gasteiger partial charge is 0.376 e. The summed E-state index contributed by atoms with van der Waals surface area (Å²) >= 11 is 0. The van der Waals surface area contributed by atoms with Gasteiger partial charge in [0.05, 0.1) is 13.2 Å². The van der Waals surface area contributed by atoms with Crippen LogP contribution in [0.5, 0.6) is 0 Å². The number of ether oxygens (including phenoxy) is 1. The molecule has 1 aliphatic heterocycles. The van der Waals surface area contributed by atoms with Gasteiger partial charge in [-0.25, -0.2) is 4.39 Å². The van der Waals surface area contributed by atoms with Crippen molar-refractivity contribution in [1.82, 2.24) is 4.90 Å². The van der Waals surface area contributed by atoms with Crippen LogP contribution in [0.1, 0.15) is 0 Å². The van der Waals surface area contributed by atoms with Gasteiger partial charge in [0.1, 0.15) is 0 Å². The third kappa shape index (κ3) is 1.17. The summed E-state index contributed by atoms with van der Waals surface area (Å²) in [6, 6.07) is 0. The minimum atomic E-state index is -0.885. The molecule has 8 heavy (non-hydrogen) atoms. The standard InChI is InChI=1S/C5H10FNO/c1-7-2-3-8-4-5(7)6/h5H,2-4H2,1H3. The molecule has 0 aromatic carbocycles. The molecule has 0 aromatic heterocycles. The molecular weight excluding hydrogens is 109 g/mol. The molecule has 1 saturated heterocycles. The molecule has 1 aliphatic rings. The predicted octanol–water partition coefficient (Wildman–Crippen LogP) is 0.244. The Morgan fingerprint density at radius 3 is 2.88 bits per heavy atom. The van der Waals surface area contributed by atoms with Crippen molar-refractivity contribution in [3.63, 3.8) is 0 Å². The third-order valence-electron chi connectivity index (χ3n) is 1.32. The van der Waals surface area contributed by atoms with Gasteiger partial charge in [0.25, 0.3) is 0 Å². The third-order valence-corrected chi connectivity index (χ3v) is 1.32. The highest BCUT2D eigenvalue weighted by molar-refractivity contribution is 4.60.